The van der Waals surface area contributed by atoms with Gasteiger partial charge in [-0.1, -0.05) is 12.1 Å². The van der Waals surface area contributed by atoms with Crippen LogP contribution in [-0.4, -0.2) is 5.91 Å². The van der Waals surface area contributed by atoms with Gasteiger partial charge in [0, 0.05) is 15.4 Å². The summed E-state index contributed by atoms with van der Waals surface area (Å²) in [6, 6.07) is 9.74. The Kier molecular flexibility index (Phi) is 4.33. The molecular formula is C14H12BrNOS. The average molecular weight is 322 g/mol. The largest absolute Gasteiger partial charge is 0.321 e. The van der Waals surface area contributed by atoms with Gasteiger partial charge in [0.05, 0.1) is 5.69 Å². The summed E-state index contributed by atoms with van der Waals surface area (Å²) in [5, 5.41) is 4.81. The first-order valence-corrected chi connectivity index (χ1v) is 7.11. The fraction of sp³-hybridized carbons (Fsp3) is 0.0714. The Morgan fingerprint density at radius 3 is 2.89 bits per heavy atom. The lowest BCUT2D eigenvalue weighted by Crippen LogP contribution is -2.08. The SMILES string of the molecule is Cc1ccc(NC(=O)C=Cc2cccs2)c(Br)c1. The molecule has 0 aliphatic carbocycles. The van der Waals surface area contributed by atoms with Gasteiger partial charge in [-0.25, -0.2) is 0 Å². The molecule has 0 aliphatic rings. The predicted molar refractivity (Wildman–Crippen MR) is 80.9 cm³/mol. The fourth-order valence-corrected chi connectivity index (χ4v) is 2.65. The van der Waals surface area contributed by atoms with Gasteiger partial charge in [-0.3, -0.25) is 4.79 Å². The number of amides is 1. The zero-order valence-corrected chi connectivity index (χ0v) is 12.2. The average Bonchev–Trinajstić information content (AvgIpc) is 2.83. The molecule has 1 N–H and O–H groups in total. The molecule has 2 nitrogen and oxygen atoms in total. The smallest absolute Gasteiger partial charge is 0.248 e. The van der Waals surface area contributed by atoms with Gasteiger partial charge in [0.15, 0.2) is 0 Å². The van der Waals surface area contributed by atoms with Gasteiger partial charge in [-0.15, -0.1) is 11.3 Å². The minimum Gasteiger partial charge on any atom is -0.321 e. The van der Waals surface area contributed by atoms with Crippen LogP contribution in [0, 0.1) is 6.92 Å². The van der Waals surface area contributed by atoms with Crippen LogP contribution in [-0.2, 0) is 4.79 Å². The molecule has 0 aliphatic heterocycles. The second kappa shape index (κ2) is 5.98. The summed E-state index contributed by atoms with van der Waals surface area (Å²) < 4.78 is 0.889. The van der Waals surface area contributed by atoms with Gasteiger partial charge < -0.3 is 5.32 Å². The van der Waals surface area contributed by atoms with E-state index in [0.717, 1.165) is 20.6 Å². The van der Waals surface area contributed by atoms with Crippen molar-refractivity contribution < 1.29 is 4.79 Å². The summed E-state index contributed by atoms with van der Waals surface area (Å²) in [6.07, 6.45) is 3.35. The van der Waals surface area contributed by atoms with Crippen LogP contribution in [0.3, 0.4) is 0 Å². The number of rotatable bonds is 3. The molecule has 18 heavy (non-hydrogen) atoms. The van der Waals surface area contributed by atoms with Gasteiger partial charge in [0.25, 0.3) is 0 Å². The second-order valence-electron chi connectivity index (χ2n) is 3.82. The first-order chi connectivity index (χ1) is 8.65. The highest BCUT2D eigenvalue weighted by molar-refractivity contribution is 9.10. The number of nitrogens with one attached hydrogen (secondary N) is 1. The molecule has 0 unspecified atom stereocenters. The molecule has 2 aromatic rings. The summed E-state index contributed by atoms with van der Waals surface area (Å²) in [4.78, 5) is 12.8. The second-order valence-corrected chi connectivity index (χ2v) is 5.65. The molecular weight excluding hydrogens is 310 g/mol. The molecule has 0 spiro atoms. The Bertz CT molecular complexity index is 575. The summed E-state index contributed by atoms with van der Waals surface area (Å²) in [5.41, 5.74) is 1.93. The van der Waals surface area contributed by atoms with E-state index < -0.39 is 0 Å². The summed E-state index contributed by atoms with van der Waals surface area (Å²) in [6.45, 7) is 2.01. The molecule has 2 rings (SSSR count). The van der Waals surface area contributed by atoms with Crippen LogP contribution in [0.1, 0.15) is 10.4 Å². The first-order valence-electron chi connectivity index (χ1n) is 5.44. The molecule has 1 aromatic carbocycles. The van der Waals surface area contributed by atoms with Gasteiger partial charge in [0.2, 0.25) is 5.91 Å². The summed E-state index contributed by atoms with van der Waals surface area (Å²) >= 11 is 5.03. The first kappa shape index (κ1) is 13.1. The number of halogens is 1. The Balaban J connectivity index is 2.03. The Morgan fingerprint density at radius 2 is 2.22 bits per heavy atom. The van der Waals surface area contributed by atoms with Crippen molar-refractivity contribution in [1.29, 1.82) is 0 Å². The highest BCUT2D eigenvalue weighted by Gasteiger charge is 2.02. The maximum atomic E-state index is 11.7. The third-order valence-corrected chi connectivity index (χ3v) is 3.82. The molecule has 0 saturated carbocycles. The molecule has 0 radical (unpaired) electrons. The van der Waals surface area contributed by atoms with Crippen molar-refractivity contribution >= 4 is 44.9 Å². The summed E-state index contributed by atoms with van der Waals surface area (Å²) in [7, 11) is 0. The molecule has 0 saturated heterocycles. The van der Waals surface area contributed by atoms with Crippen LogP contribution in [0.2, 0.25) is 0 Å². The lowest BCUT2D eigenvalue weighted by Gasteiger charge is -2.05. The molecule has 92 valence electrons. The molecule has 1 aromatic heterocycles. The maximum Gasteiger partial charge on any atom is 0.248 e. The van der Waals surface area contributed by atoms with E-state index in [1.165, 1.54) is 6.08 Å². The third-order valence-electron chi connectivity index (χ3n) is 2.32. The number of carbonyl (C=O) groups is 1. The quantitative estimate of drug-likeness (QED) is 0.830. The van der Waals surface area contributed by atoms with Gasteiger partial charge in [0.1, 0.15) is 0 Å². The Labute approximate surface area is 118 Å². The molecule has 0 atom stereocenters. The van der Waals surface area contributed by atoms with E-state index in [-0.39, 0.29) is 5.91 Å². The number of hydrogen-bond donors (Lipinski definition) is 1. The van der Waals surface area contributed by atoms with Crippen LogP contribution >= 0.6 is 27.3 Å². The van der Waals surface area contributed by atoms with Gasteiger partial charge >= 0.3 is 0 Å². The monoisotopic (exact) mass is 321 g/mol. The van der Waals surface area contributed by atoms with Gasteiger partial charge in [-0.05, 0) is 58.1 Å². The number of benzene rings is 1. The van der Waals surface area contributed by atoms with E-state index in [1.807, 2.05) is 48.7 Å². The van der Waals surface area contributed by atoms with Crippen molar-refractivity contribution in [2.75, 3.05) is 5.32 Å². The minimum absolute atomic E-state index is 0.132. The van der Waals surface area contributed by atoms with E-state index >= 15 is 0 Å². The van der Waals surface area contributed by atoms with Gasteiger partial charge in [-0.2, -0.15) is 0 Å². The standard InChI is InChI=1S/C14H12BrNOS/c1-10-4-6-13(12(15)9-10)16-14(17)7-5-11-3-2-8-18-11/h2-9H,1H3,(H,16,17). The number of carbonyl (C=O) groups excluding carboxylic acids is 1. The highest BCUT2D eigenvalue weighted by Crippen LogP contribution is 2.23. The molecule has 1 amide bonds. The van der Waals surface area contributed by atoms with E-state index in [2.05, 4.69) is 21.2 Å². The predicted octanol–water partition coefficient (Wildman–Crippen LogP) is 4.47. The van der Waals surface area contributed by atoms with Crippen molar-refractivity contribution in [2.45, 2.75) is 6.92 Å². The minimum atomic E-state index is -0.132. The number of hydrogen-bond acceptors (Lipinski definition) is 2. The lowest BCUT2D eigenvalue weighted by molar-refractivity contribution is -0.111. The zero-order chi connectivity index (χ0) is 13.0. The van der Waals surface area contributed by atoms with Crippen LogP contribution in [0.25, 0.3) is 6.08 Å². The van der Waals surface area contributed by atoms with E-state index in [9.17, 15) is 4.79 Å². The van der Waals surface area contributed by atoms with E-state index in [0.29, 0.717) is 0 Å². The summed E-state index contributed by atoms with van der Waals surface area (Å²) in [5.74, 6) is -0.132. The van der Waals surface area contributed by atoms with E-state index in [1.54, 1.807) is 11.3 Å². The number of thiophene rings is 1. The zero-order valence-electron chi connectivity index (χ0n) is 9.81. The van der Waals surface area contributed by atoms with Crippen LogP contribution in [0.15, 0.2) is 46.3 Å². The van der Waals surface area contributed by atoms with Crippen LogP contribution in [0.4, 0.5) is 5.69 Å². The Hall–Kier alpha value is -1.39. The number of aryl methyl sites for hydroxylation is 1. The Morgan fingerprint density at radius 1 is 1.39 bits per heavy atom. The van der Waals surface area contributed by atoms with Crippen molar-refractivity contribution in [3.8, 4) is 0 Å². The third kappa shape index (κ3) is 3.55. The van der Waals surface area contributed by atoms with Crippen LogP contribution in [0.5, 0.6) is 0 Å². The molecule has 0 fully saturated rings. The van der Waals surface area contributed by atoms with Crippen molar-refractivity contribution in [3.63, 3.8) is 0 Å². The topological polar surface area (TPSA) is 29.1 Å². The highest BCUT2D eigenvalue weighted by atomic mass is 79.9. The molecule has 1 heterocycles. The van der Waals surface area contributed by atoms with Crippen molar-refractivity contribution in [3.05, 3.63) is 56.7 Å². The normalized spacial score (nSPS) is 10.8. The maximum absolute atomic E-state index is 11.7. The van der Waals surface area contributed by atoms with E-state index in [4.69, 9.17) is 0 Å². The van der Waals surface area contributed by atoms with Crippen molar-refractivity contribution in [1.82, 2.24) is 0 Å². The van der Waals surface area contributed by atoms with Crippen LogP contribution < -0.4 is 5.32 Å². The molecule has 4 heteroatoms. The fourth-order valence-electron chi connectivity index (χ4n) is 1.44. The lowest BCUT2D eigenvalue weighted by atomic mass is 10.2. The number of anilines is 1. The van der Waals surface area contributed by atoms with Crippen molar-refractivity contribution in [2.24, 2.45) is 0 Å². The molecule has 0 bridgehead atoms.